The van der Waals surface area contributed by atoms with Crippen LogP contribution in [-0.4, -0.2) is 66.0 Å². The van der Waals surface area contributed by atoms with Gasteiger partial charge in [-0.1, -0.05) is 5.16 Å². The fourth-order valence-corrected chi connectivity index (χ4v) is 3.34. The predicted octanol–water partition coefficient (Wildman–Crippen LogP) is -0.907. The maximum atomic E-state index is 12.2. The summed E-state index contributed by atoms with van der Waals surface area (Å²) in [5.74, 6) is 0. The van der Waals surface area contributed by atoms with Crippen LogP contribution in [0.5, 0.6) is 0 Å². The minimum absolute atomic E-state index is 0.180. The number of nitrogens with two attached hydrogens (primary N) is 1. The molecule has 3 rings (SSSR count). The Labute approximate surface area is 121 Å². The summed E-state index contributed by atoms with van der Waals surface area (Å²) >= 11 is 0. The molecule has 2 saturated heterocycles. The van der Waals surface area contributed by atoms with E-state index in [1.54, 1.807) is 0 Å². The third kappa shape index (κ3) is 2.69. The van der Waals surface area contributed by atoms with Gasteiger partial charge in [0.15, 0.2) is 0 Å². The summed E-state index contributed by atoms with van der Waals surface area (Å²) in [4.78, 5) is 18.9. The first-order valence-electron chi connectivity index (χ1n) is 6.58. The molecule has 0 aliphatic carbocycles. The van der Waals surface area contributed by atoms with E-state index in [0.29, 0.717) is 37.4 Å². The molecule has 0 saturated carbocycles. The number of hydrogen-bond donors (Lipinski definition) is 2. The Morgan fingerprint density at radius 1 is 1.48 bits per heavy atom. The molecule has 3 N–H and O–H groups in total. The number of oxime groups is 1. The van der Waals surface area contributed by atoms with E-state index in [2.05, 4.69) is 9.44 Å². The number of hydroxylamine groups is 2. The molecule has 3 aliphatic heterocycles. The van der Waals surface area contributed by atoms with Crippen molar-refractivity contribution in [1.82, 2.24) is 9.96 Å². The monoisotopic (exact) mass is 320 g/mol. The zero-order valence-electron chi connectivity index (χ0n) is 11.1. The number of carbonyl (C=O) groups excluding carboxylic acids is 1. The normalized spacial score (nSPS) is 32.4. The van der Waals surface area contributed by atoms with Gasteiger partial charge in [0.1, 0.15) is 6.10 Å². The van der Waals surface area contributed by atoms with Crippen molar-refractivity contribution in [3.8, 4) is 0 Å². The first kappa shape index (κ1) is 14.5. The highest BCUT2D eigenvalue weighted by molar-refractivity contribution is 7.80. The number of carbonyl (C=O) groups is 1. The van der Waals surface area contributed by atoms with E-state index in [4.69, 9.17) is 15.1 Å². The van der Waals surface area contributed by atoms with Crippen molar-refractivity contribution in [2.24, 2.45) is 10.9 Å². The fourth-order valence-electron chi connectivity index (χ4n) is 2.95. The summed E-state index contributed by atoms with van der Waals surface area (Å²) < 4.78 is 34.7. The minimum atomic E-state index is -4.72. The quantitative estimate of drug-likeness (QED) is 0.640. The molecule has 118 valence electrons. The van der Waals surface area contributed by atoms with Crippen LogP contribution in [0.2, 0.25) is 0 Å². The van der Waals surface area contributed by atoms with Gasteiger partial charge in [0.2, 0.25) is 0 Å². The molecule has 3 aliphatic rings. The van der Waals surface area contributed by atoms with Gasteiger partial charge < -0.3 is 15.5 Å². The lowest BCUT2D eigenvalue weighted by atomic mass is 9.94. The van der Waals surface area contributed by atoms with Gasteiger partial charge in [-0.2, -0.15) is 13.5 Å². The molecule has 10 nitrogen and oxygen atoms in total. The largest absolute Gasteiger partial charge is 0.418 e. The molecule has 0 aromatic carbocycles. The Morgan fingerprint density at radius 3 is 2.86 bits per heavy atom. The molecule has 2 fully saturated rings. The molecule has 21 heavy (non-hydrogen) atoms. The van der Waals surface area contributed by atoms with Crippen LogP contribution in [0.15, 0.2) is 5.16 Å². The van der Waals surface area contributed by atoms with E-state index >= 15 is 0 Å². The Morgan fingerprint density at radius 2 is 2.24 bits per heavy atom. The first-order chi connectivity index (χ1) is 9.89. The Kier molecular flexibility index (Phi) is 3.51. The van der Waals surface area contributed by atoms with Crippen molar-refractivity contribution in [1.29, 1.82) is 0 Å². The third-order valence-corrected chi connectivity index (χ3v) is 4.25. The zero-order valence-corrected chi connectivity index (χ0v) is 11.9. The zero-order chi connectivity index (χ0) is 15.2. The molecule has 0 unspecified atom stereocenters. The average Bonchev–Trinajstić information content (AvgIpc) is 2.98. The van der Waals surface area contributed by atoms with Crippen LogP contribution in [0.25, 0.3) is 0 Å². The molecule has 0 radical (unpaired) electrons. The van der Waals surface area contributed by atoms with Gasteiger partial charge >= 0.3 is 16.4 Å². The fraction of sp³-hybridized carbons (Fsp3) is 0.800. The lowest BCUT2D eigenvalue weighted by Crippen LogP contribution is -2.45. The van der Waals surface area contributed by atoms with E-state index < -0.39 is 22.5 Å². The average molecular weight is 320 g/mol. The molecule has 0 spiro atoms. The van der Waals surface area contributed by atoms with E-state index in [1.807, 2.05) is 0 Å². The lowest BCUT2D eigenvalue weighted by molar-refractivity contribution is -0.0316. The van der Waals surface area contributed by atoms with E-state index in [0.717, 1.165) is 5.71 Å². The van der Waals surface area contributed by atoms with Gasteiger partial charge in [-0.05, 0) is 12.8 Å². The minimum Gasteiger partial charge on any atom is -0.391 e. The Hall–Kier alpha value is -1.43. The number of amides is 2. The molecule has 2 bridgehead atoms. The van der Waals surface area contributed by atoms with Crippen LogP contribution < -0.4 is 5.73 Å². The molecular weight excluding hydrogens is 304 g/mol. The second-order valence-electron chi connectivity index (χ2n) is 5.26. The molecule has 3 atom stereocenters. The summed E-state index contributed by atoms with van der Waals surface area (Å²) in [7, 11) is -4.72. The highest BCUT2D eigenvalue weighted by Crippen LogP contribution is 2.33. The highest BCUT2D eigenvalue weighted by Gasteiger charge is 2.49. The first-order valence-corrected chi connectivity index (χ1v) is 7.95. The molecular formula is C10H16N4O6S. The van der Waals surface area contributed by atoms with Crippen LogP contribution >= 0.6 is 0 Å². The van der Waals surface area contributed by atoms with E-state index in [9.17, 15) is 13.2 Å². The van der Waals surface area contributed by atoms with Crippen molar-refractivity contribution in [2.45, 2.75) is 37.5 Å². The van der Waals surface area contributed by atoms with Crippen molar-refractivity contribution in [2.75, 3.05) is 13.1 Å². The molecule has 0 aromatic rings. The molecule has 0 aromatic heterocycles. The van der Waals surface area contributed by atoms with Crippen LogP contribution in [0, 0.1) is 0 Å². The number of nitrogens with zero attached hydrogens (tertiary/aromatic N) is 3. The van der Waals surface area contributed by atoms with Gasteiger partial charge in [0.05, 0.1) is 17.8 Å². The lowest BCUT2D eigenvalue weighted by Gasteiger charge is -2.29. The van der Waals surface area contributed by atoms with Crippen molar-refractivity contribution < 1.29 is 26.9 Å². The smallest absolute Gasteiger partial charge is 0.391 e. The number of rotatable bonds is 4. The summed E-state index contributed by atoms with van der Waals surface area (Å²) in [5.41, 5.74) is 6.25. The number of fused-ring (bicyclic) bond motifs is 2. The molecule has 2 amide bonds. The number of piperidine rings is 1. The highest BCUT2D eigenvalue weighted by atomic mass is 32.3. The van der Waals surface area contributed by atoms with Crippen molar-refractivity contribution in [3.05, 3.63) is 0 Å². The number of urea groups is 1. The second kappa shape index (κ2) is 5.09. The second-order valence-corrected chi connectivity index (χ2v) is 6.26. The maximum Gasteiger partial charge on any atom is 0.418 e. The summed E-state index contributed by atoms with van der Waals surface area (Å²) in [6.45, 7) is 0.666. The topological polar surface area (TPSA) is 135 Å². The Bertz CT molecular complexity index is 578. The third-order valence-electron chi connectivity index (χ3n) is 3.90. The summed E-state index contributed by atoms with van der Waals surface area (Å²) in [6.07, 6.45) is 1.55. The SMILES string of the molecule is NC[C@H]1CC([C@@H]2CC[C@H]3CN2C(=O)N3OS(=O)(=O)O)=NO1. The van der Waals surface area contributed by atoms with E-state index in [1.165, 1.54) is 4.90 Å². The number of hydrogen-bond acceptors (Lipinski definition) is 7. The van der Waals surface area contributed by atoms with Gasteiger partial charge in [-0.15, -0.1) is 4.28 Å². The van der Waals surface area contributed by atoms with Gasteiger partial charge in [-0.25, -0.2) is 4.79 Å². The van der Waals surface area contributed by atoms with Crippen molar-refractivity contribution >= 4 is 22.1 Å². The predicted molar refractivity (Wildman–Crippen MR) is 69.4 cm³/mol. The van der Waals surface area contributed by atoms with Gasteiger partial charge in [0.25, 0.3) is 0 Å². The van der Waals surface area contributed by atoms with Gasteiger partial charge in [-0.3, -0.25) is 4.55 Å². The maximum absolute atomic E-state index is 12.2. The van der Waals surface area contributed by atoms with Gasteiger partial charge in [0, 0.05) is 19.5 Å². The molecule has 11 heteroatoms. The van der Waals surface area contributed by atoms with Crippen LogP contribution in [0.4, 0.5) is 4.79 Å². The van der Waals surface area contributed by atoms with Crippen LogP contribution in [0.3, 0.4) is 0 Å². The molecule has 3 heterocycles. The summed E-state index contributed by atoms with van der Waals surface area (Å²) in [5, 5.41) is 4.69. The van der Waals surface area contributed by atoms with Crippen molar-refractivity contribution in [3.63, 3.8) is 0 Å². The summed E-state index contributed by atoms with van der Waals surface area (Å²) in [6, 6.07) is -1.25. The Balaban J connectivity index is 1.74. The standard InChI is InChI=1S/C10H16N4O6S/c11-4-7-3-8(12-19-7)9-2-1-6-5-13(9)10(15)14(6)20-21(16,17)18/h6-7,9H,1-5,11H2,(H,16,17,18)/t6-,7+,9-/m0/s1. The van der Waals surface area contributed by atoms with Crippen LogP contribution in [-0.2, 0) is 19.5 Å². The van der Waals surface area contributed by atoms with E-state index in [-0.39, 0.29) is 12.1 Å². The van der Waals surface area contributed by atoms with Crippen LogP contribution in [0.1, 0.15) is 19.3 Å².